The first-order valence-corrected chi connectivity index (χ1v) is 12.3. The highest BCUT2D eigenvalue weighted by atomic mass is 16.2. The summed E-state index contributed by atoms with van der Waals surface area (Å²) >= 11 is 0. The lowest BCUT2D eigenvalue weighted by molar-refractivity contribution is -0.137. The lowest BCUT2D eigenvalue weighted by atomic mass is 9.82. The van der Waals surface area contributed by atoms with Gasteiger partial charge in [-0.2, -0.15) is 0 Å². The topological polar surface area (TPSA) is 66.5 Å². The molecule has 3 fully saturated rings. The molecule has 1 aromatic carbocycles. The predicted molar refractivity (Wildman–Crippen MR) is 125 cm³/mol. The monoisotopic (exact) mass is 436 g/mol. The zero-order valence-corrected chi connectivity index (χ0v) is 19.3. The van der Waals surface area contributed by atoms with Crippen molar-refractivity contribution < 1.29 is 14.4 Å². The first kappa shape index (κ1) is 22.8. The second kappa shape index (κ2) is 9.60. The first-order chi connectivity index (χ1) is 15.4. The van der Waals surface area contributed by atoms with Gasteiger partial charge in [-0.05, 0) is 68.2 Å². The van der Waals surface area contributed by atoms with Crippen molar-refractivity contribution in [2.75, 3.05) is 13.1 Å². The second-order valence-electron chi connectivity index (χ2n) is 10.2. The first-order valence-electron chi connectivity index (χ1n) is 12.3. The molecule has 2 aliphatic carbocycles. The highest BCUT2D eigenvalue weighted by Gasteiger charge is 2.47. The third-order valence-electron chi connectivity index (χ3n) is 7.76. The van der Waals surface area contributed by atoms with Gasteiger partial charge in [-0.1, -0.05) is 44.9 Å². The van der Waals surface area contributed by atoms with Crippen molar-refractivity contribution in [3.05, 3.63) is 48.0 Å². The molecular weight excluding hydrogens is 400 g/mol. The van der Waals surface area contributed by atoms with Crippen molar-refractivity contribution in [3.63, 3.8) is 0 Å². The van der Waals surface area contributed by atoms with Crippen LogP contribution in [0.3, 0.4) is 0 Å². The Morgan fingerprint density at radius 2 is 1.88 bits per heavy atom. The van der Waals surface area contributed by atoms with Gasteiger partial charge >= 0.3 is 0 Å². The van der Waals surface area contributed by atoms with E-state index in [4.69, 9.17) is 0 Å². The summed E-state index contributed by atoms with van der Waals surface area (Å²) in [6.07, 6.45) is 10.7. The normalized spacial score (nSPS) is 23.8. The third kappa shape index (κ3) is 4.97. The predicted octanol–water partition coefficient (Wildman–Crippen LogP) is 4.63. The molecule has 2 saturated carbocycles. The molecule has 1 aliphatic heterocycles. The number of hydrogen-bond donors (Lipinski definition) is 1. The molecule has 1 heterocycles. The van der Waals surface area contributed by atoms with Crippen LogP contribution in [0.15, 0.2) is 36.9 Å². The number of nitrogens with one attached hydrogen (secondary N) is 1. The SMILES string of the molecule is C=CC(=O)[C@H](NC(=O)c1cccc(C2CCCN(C(=O)C3(C)CC3)C2)c1)C1CCCCC1. The van der Waals surface area contributed by atoms with Crippen LogP contribution in [-0.4, -0.2) is 41.6 Å². The van der Waals surface area contributed by atoms with Gasteiger partial charge in [0.1, 0.15) is 0 Å². The molecule has 5 nitrogen and oxygen atoms in total. The number of nitrogens with zero attached hydrogens (tertiary/aromatic N) is 1. The quantitative estimate of drug-likeness (QED) is 0.634. The largest absolute Gasteiger partial charge is 0.342 e. The molecule has 2 atom stereocenters. The Hall–Kier alpha value is -2.43. The Morgan fingerprint density at radius 1 is 1.12 bits per heavy atom. The number of ketones is 1. The van der Waals surface area contributed by atoms with E-state index in [1.165, 1.54) is 12.5 Å². The van der Waals surface area contributed by atoms with Crippen LogP contribution in [0.5, 0.6) is 0 Å². The number of carbonyl (C=O) groups is 3. The molecule has 172 valence electrons. The minimum Gasteiger partial charge on any atom is -0.342 e. The fourth-order valence-electron chi connectivity index (χ4n) is 5.39. The second-order valence-corrected chi connectivity index (χ2v) is 10.2. The fraction of sp³-hybridized carbons (Fsp3) is 0.593. The van der Waals surface area contributed by atoms with Gasteiger partial charge in [0.05, 0.1) is 6.04 Å². The van der Waals surface area contributed by atoms with Crippen molar-refractivity contribution in [1.29, 1.82) is 0 Å². The van der Waals surface area contributed by atoms with E-state index in [1.807, 2.05) is 23.1 Å². The Balaban J connectivity index is 1.45. The van der Waals surface area contributed by atoms with Crippen LogP contribution in [0.25, 0.3) is 0 Å². The smallest absolute Gasteiger partial charge is 0.251 e. The Morgan fingerprint density at radius 3 is 2.56 bits per heavy atom. The zero-order chi connectivity index (χ0) is 22.7. The molecule has 0 aromatic heterocycles. The van der Waals surface area contributed by atoms with E-state index in [1.54, 1.807) is 0 Å². The molecule has 1 N–H and O–H groups in total. The molecule has 4 rings (SSSR count). The molecule has 1 aromatic rings. The number of piperidine rings is 1. The highest BCUT2D eigenvalue weighted by molar-refractivity contribution is 6.01. The maximum Gasteiger partial charge on any atom is 0.251 e. The van der Waals surface area contributed by atoms with Gasteiger partial charge in [0.15, 0.2) is 5.78 Å². The average molecular weight is 437 g/mol. The van der Waals surface area contributed by atoms with E-state index in [2.05, 4.69) is 24.9 Å². The van der Waals surface area contributed by atoms with E-state index in [0.29, 0.717) is 5.56 Å². The summed E-state index contributed by atoms with van der Waals surface area (Å²) in [6, 6.07) is 7.24. The number of hydrogen-bond acceptors (Lipinski definition) is 3. The van der Waals surface area contributed by atoms with Crippen molar-refractivity contribution in [2.24, 2.45) is 11.3 Å². The minimum atomic E-state index is -0.494. The fourth-order valence-corrected chi connectivity index (χ4v) is 5.39. The average Bonchev–Trinajstić information content (AvgIpc) is 3.60. The van der Waals surface area contributed by atoms with Gasteiger partial charge in [-0.25, -0.2) is 0 Å². The summed E-state index contributed by atoms with van der Waals surface area (Å²) in [5.41, 5.74) is 1.54. The van der Waals surface area contributed by atoms with E-state index in [9.17, 15) is 14.4 Å². The lowest BCUT2D eigenvalue weighted by Gasteiger charge is -2.35. The molecule has 0 bridgehead atoms. The molecule has 5 heteroatoms. The number of amides is 2. The van der Waals surface area contributed by atoms with Crippen molar-refractivity contribution in [3.8, 4) is 0 Å². The molecule has 3 aliphatic rings. The maximum absolute atomic E-state index is 13.1. The van der Waals surface area contributed by atoms with Crippen LogP contribution in [0.4, 0.5) is 0 Å². The van der Waals surface area contributed by atoms with E-state index >= 15 is 0 Å². The van der Waals surface area contributed by atoms with Crippen LogP contribution < -0.4 is 5.32 Å². The van der Waals surface area contributed by atoms with Crippen LogP contribution in [-0.2, 0) is 9.59 Å². The summed E-state index contributed by atoms with van der Waals surface area (Å²) in [5, 5.41) is 3.01. The van der Waals surface area contributed by atoms with Crippen molar-refractivity contribution in [2.45, 2.75) is 76.7 Å². The summed E-state index contributed by atoms with van der Waals surface area (Å²) in [4.78, 5) is 40.5. The van der Waals surface area contributed by atoms with Gasteiger partial charge in [0, 0.05) is 30.0 Å². The van der Waals surface area contributed by atoms with E-state index in [0.717, 1.165) is 70.0 Å². The van der Waals surface area contributed by atoms with Gasteiger partial charge < -0.3 is 10.2 Å². The number of rotatable bonds is 7. The standard InChI is InChI=1S/C27H36N2O3/c1-3-23(30)24(19-9-5-4-6-10-19)28-25(31)21-12-7-11-20(17-21)22-13-8-16-29(18-22)26(32)27(2)14-15-27/h3,7,11-12,17,19,22,24H,1,4-6,8-10,13-16,18H2,2H3,(H,28,31)/t22?,24-/m1/s1. The summed E-state index contributed by atoms with van der Waals surface area (Å²) in [5.74, 6) is 0.410. The summed E-state index contributed by atoms with van der Waals surface area (Å²) in [7, 11) is 0. The highest BCUT2D eigenvalue weighted by Crippen LogP contribution is 2.47. The van der Waals surface area contributed by atoms with Gasteiger partial charge in [0.2, 0.25) is 5.91 Å². The molecule has 1 saturated heterocycles. The maximum atomic E-state index is 13.1. The van der Waals surface area contributed by atoms with Crippen molar-refractivity contribution >= 4 is 17.6 Å². The summed E-state index contributed by atoms with van der Waals surface area (Å²) in [6.45, 7) is 7.26. The Labute approximate surface area is 191 Å². The number of benzene rings is 1. The number of carbonyl (C=O) groups excluding carboxylic acids is 3. The van der Waals surface area contributed by atoms with Crippen LogP contribution in [0, 0.1) is 11.3 Å². The Bertz CT molecular complexity index is 883. The van der Waals surface area contributed by atoms with Crippen LogP contribution in [0.1, 0.15) is 86.6 Å². The van der Waals surface area contributed by atoms with Gasteiger partial charge in [0.25, 0.3) is 5.91 Å². The lowest BCUT2D eigenvalue weighted by Crippen LogP contribution is -2.46. The summed E-state index contributed by atoms with van der Waals surface area (Å²) < 4.78 is 0. The van der Waals surface area contributed by atoms with E-state index < -0.39 is 6.04 Å². The Kier molecular flexibility index (Phi) is 6.82. The van der Waals surface area contributed by atoms with Crippen molar-refractivity contribution in [1.82, 2.24) is 10.2 Å². The minimum absolute atomic E-state index is 0.101. The molecule has 1 unspecified atom stereocenters. The van der Waals surface area contributed by atoms with Crippen LogP contribution >= 0.6 is 0 Å². The van der Waals surface area contributed by atoms with Gasteiger partial charge in [-0.3, -0.25) is 14.4 Å². The molecule has 2 amide bonds. The molecule has 0 spiro atoms. The molecular formula is C27H36N2O3. The molecule has 0 radical (unpaired) electrons. The molecule has 32 heavy (non-hydrogen) atoms. The van der Waals surface area contributed by atoms with Gasteiger partial charge in [-0.15, -0.1) is 0 Å². The third-order valence-corrected chi connectivity index (χ3v) is 7.76. The van der Waals surface area contributed by atoms with E-state index in [-0.39, 0.29) is 34.8 Å². The van der Waals surface area contributed by atoms with Crippen LogP contribution in [0.2, 0.25) is 0 Å². The zero-order valence-electron chi connectivity index (χ0n) is 19.3. The number of likely N-dealkylation sites (tertiary alicyclic amines) is 1.